The van der Waals surface area contributed by atoms with Crippen LogP contribution in [0.2, 0.25) is 0 Å². The molecule has 2 aromatic carbocycles. The van der Waals surface area contributed by atoms with Crippen LogP contribution in [-0.2, 0) is 0 Å². The molecule has 0 atom stereocenters. The minimum atomic E-state index is -0.171. The fraction of sp³-hybridized carbons (Fsp3) is 0.182. The minimum Gasteiger partial charge on any atom is -0.495 e. The number of amides is 1. The van der Waals surface area contributed by atoms with Crippen molar-refractivity contribution in [2.75, 3.05) is 17.7 Å². The van der Waals surface area contributed by atoms with Gasteiger partial charge in [0.05, 0.1) is 12.8 Å². The Morgan fingerprint density at radius 3 is 2.41 bits per heavy atom. The Morgan fingerprint density at radius 1 is 1.00 bits per heavy atom. The van der Waals surface area contributed by atoms with Crippen molar-refractivity contribution in [3.63, 3.8) is 0 Å². The lowest BCUT2D eigenvalue weighted by molar-refractivity contribution is 0.102. The number of hydrogen-bond donors (Lipinski definition) is 2. The number of nitrogens with one attached hydrogen (secondary N) is 2. The third-order valence-electron chi connectivity index (χ3n) is 4.31. The number of anilines is 3. The summed E-state index contributed by atoms with van der Waals surface area (Å²) in [5, 5.41) is 6.21. The predicted molar refractivity (Wildman–Crippen MR) is 109 cm³/mol. The van der Waals surface area contributed by atoms with E-state index in [0.29, 0.717) is 17.1 Å². The van der Waals surface area contributed by atoms with Crippen LogP contribution in [0.3, 0.4) is 0 Å². The second-order valence-electron chi connectivity index (χ2n) is 6.48. The van der Waals surface area contributed by atoms with E-state index in [1.165, 1.54) is 5.56 Å². The maximum atomic E-state index is 12.7. The molecule has 0 aliphatic rings. The van der Waals surface area contributed by atoms with Gasteiger partial charge in [-0.15, -0.1) is 0 Å². The molecule has 27 heavy (non-hydrogen) atoms. The highest BCUT2D eigenvalue weighted by Gasteiger charge is 2.12. The molecule has 0 radical (unpaired) electrons. The average molecular weight is 361 g/mol. The van der Waals surface area contributed by atoms with Crippen LogP contribution in [0.15, 0.2) is 54.7 Å². The fourth-order valence-electron chi connectivity index (χ4n) is 3.09. The van der Waals surface area contributed by atoms with Gasteiger partial charge in [0.15, 0.2) is 0 Å². The van der Waals surface area contributed by atoms with E-state index < -0.39 is 0 Å². The first-order valence-corrected chi connectivity index (χ1v) is 8.73. The van der Waals surface area contributed by atoms with Gasteiger partial charge in [0.25, 0.3) is 5.91 Å². The Labute approximate surface area is 159 Å². The summed E-state index contributed by atoms with van der Waals surface area (Å²) in [6.45, 7) is 6.04. The molecule has 2 N–H and O–H groups in total. The molecule has 0 aliphatic carbocycles. The van der Waals surface area contributed by atoms with E-state index in [-0.39, 0.29) is 5.91 Å². The van der Waals surface area contributed by atoms with Gasteiger partial charge in [0, 0.05) is 17.4 Å². The Hall–Kier alpha value is -3.34. The second kappa shape index (κ2) is 7.91. The number of carbonyl (C=O) groups excluding carboxylic acids is 1. The van der Waals surface area contributed by atoms with E-state index in [9.17, 15) is 4.79 Å². The van der Waals surface area contributed by atoms with E-state index in [1.54, 1.807) is 25.4 Å². The van der Waals surface area contributed by atoms with Crippen LogP contribution in [0.4, 0.5) is 17.2 Å². The van der Waals surface area contributed by atoms with Gasteiger partial charge in [-0.1, -0.05) is 29.8 Å². The minimum absolute atomic E-state index is 0.171. The van der Waals surface area contributed by atoms with Crippen LogP contribution in [0, 0.1) is 20.8 Å². The summed E-state index contributed by atoms with van der Waals surface area (Å²) >= 11 is 0. The molecule has 1 aromatic heterocycles. The van der Waals surface area contributed by atoms with E-state index in [4.69, 9.17) is 4.74 Å². The lowest BCUT2D eigenvalue weighted by Crippen LogP contribution is -2.14. The van der Waals surface area contributed by atoms with Gasteiger partial charge in [-0.3, -0.25) is 4.79 Å². The number of para-hydroxylation sites is 2. The van der Waals surface area contributed by atoms with Gasteiger partial charge in [-0.25, -0.2) is 4.98 Å². The molecule has 3 aromatic rings. The largest absolute Gasteiger partial charge is 0.495 e. The molecule has 5 nitrogen and oxygen atoms in total. The monoisotopic (exact) mass is 361 g/mol. The van der Waals surface area contributed by atoms with Crippen LogP contribution < -0.4 is 15.4 Å². The van der Waals surface area contributed by atoms with Crippen molar-refractivity contribution < 1.29 is 9.53 Å². The summed E-state index contributed by atoms with van der Waals surface area (Å²) in [5.74, 6) is 1.11. The molecule has 0 bridgehead atoms. The number of rotatable bonds is 5. The molecule has 0 saturated heterocycles. The number of aryl methyl sites for hydroxylation is 3. The third-order valence-corrected chi connectivity index (χ3v) is 4.31. The Balaban J connectivity index is 1.82. The Morgan fingerprint density at radius 2 is 1.70 bits per heavy atom. The predicted octanol–water partition coefficient (Wildman–Crippen LogP) is 5.01. The lowest BCUT2D eigenvalue weighted by Gasteiger charge is -2.14. The molecular formula is C22H23N3O2. The number of methoxy groups -OCH3 is 1. The van der Waals surface area contributed by atoms with Crippen molar-refractivity contribution in [2.24, 2.45) is 0 Å². The molecule has 0 aliphatic heterocycles. The Bertz CT molecular complexity index is 960. The van der Waals surface area contributed by atoms with Crippen LogP contribution in [0.1, 0.15) is 27.0 Å². The zero-order valence-electron chi connectivity index (χ0n) is 16.0. The van der Waals surface area contributed by atoms with Gasteiger partial charge < -0.3 is 15.4 Å². The highest BCUT2D eigenvalue weighted by molar-refractivity contribution is 6.05. The molecule has 1 heterocycles. The van der Waals surface area contributed by atoms with Crippen molar-refractivity contribution in [1.82, 2.24) is 4.98 Å². The summed E-state index contributed by atoms with van der Waals surface area (Å²) in [7, 11) is 1.62. The van der Waals surface area contributed by atoms with E-state index >= 15 is 0 Å². The lowest BCUT2D eigenvalue weighted by atomic mass is 10.0. The molecule has 1 amide bonds. The summed E-state index contributed by atoms with van der Waals surface area (Å²) < 4.78 is 5.34. The number of ether oxygens (including phenoxy) is 1. The van der Waals surface area contributed by atoms with Crippen LogP contribution in [-0.4, -0.2) is 18.0 Å². The van der Waals surface area contributed by atoms with E-state index in [0.717, 1.165) is 22.5 Å². The van der Waals surface area contributed by atoms with Crippen LogP contribution in [0.5, 0.6) is 5.75 Å². The number of nitrogens with zero attached hydrogens (tertiary/aromatic N) is 1. The van der Waals surface area contributed by atoms with Crippen molar-refractivity contribution >= 4 is 23.1 Å². The summed E-state index contributed by atoms with van der Waals surface area (Å²) in [6.07, 6.45) is 1.61. The summed E-state index contributed by atoms with van der Waals surface area (Å²) in [5.41, 5.74) is 5.43. The first-order valence-electron chi connectivity index (χ1n) is 8.73. The van der Waals surface area contributed by atoms with Gasteiger partial charge >= 0.3 is 0 Å². The molecule has 138 valence electrons. The molecule has 0 unspecified atom stereocenters. The highest BCUT2D eigenvalue weighted by atomic mass is 16.5. The summed E-state index contributed by atoms with van der Waals surface area (Å²) in [6, 6.07) is 15.1. The molecular weight excluding hydrogens is 338 g/mol. The van der Waals surface area contributed by atoms with E-state index in [2.05, 4.69) is 27.8 Å². The first kappa shape index (κ1) is 18.5. The molecule has 0 saturated carbocycles. The smallest absolute Gasteiger partial charge is 0.255 e. The molecule has 0 spiro atoms. The first-order chi connectivity index (χ1) is 13.0. The zero-order valence-corrected chi connectivity index (χ0v) is 16.0. The maximum absolute atomic E-state index is 12.7. The van der Waals surface area contributed by atoms with Crippen LogP contribution >= 0.6 is 0 Å². The molecule has 3 rings (SSSR count). The SMILES string of the molecule is COc1ccccc1Nc1cc(C(=O)Nc2c(C)cc(C)cc2C)ccn1. The van der Waals surface area contributed by atoms with Crippen molar-refractivity contribution in [2.45, 2.75) is 20.8 Å². The van der Waals surface area contributed by atoms with Gasteiger partial charge in [-0.2, -0.15) is 0 Å². The van der Waals surface area contributed by atoms with Gasteiger partial charge in [0.2, 0.25) is 0 Å². The number of pyridine rings is 1. The normalized spacial score (nSPS) is 10.4. The van der Waals surface area contributed by atoms with Gasteiger partial charge in [-0.05, 0) is 56.2 Å². The fourth-order valence-corrected chi connectivity index (χ4v) is 3.09. The van der Waals surface area contributed by atoms with Crippen LogP contribution in [0.25, 0.3) is 0 Å². The van der Waals surface area contributed by atoms with Gasteiger partial charge in [0.1, 0.15) is 11.6 Å². The zero-order chi connectivity index (χ0) is 19.4. The molecule has 5 heteroatoms. The molecule has 0 fully saturated rings. The van der Waals surface area contributed by atoms with Crippen molar-refractivity contribution in [1.29, 1.82) is 0 Å². The quantitative estimate of drug-likeness (QED) is 0.670. The maximum Gasteiger partial charge on any atom is 0.255 e. The van der Waals surface area contributed by atoms with E-state index in [1.807, 2.05) is 45.0 Å². The average Bonchev–Trinajstić information content (AvgIpc) is 2.65. The highest BCUT2D eigenvalue weighted by Crippen LogP contribution is 2.27. The number of benzene rings is 2. The number of aromatic nitrogens is 1. The standard InChI is InChI=1S/C22H23N3O2/c1-14-11-15(2)21(16(3)12-14)25-22(26)17-9-10-23-20(13-17)24-18-7-5-6-8-19(18)27-4/h5-13H,1-4H3,(H,23,24)(H,25,26). The summed E-state index contributed by atoms with van der Waals surface area (Å²) in [4.78, 5) is 17.0. The third kappa shape index (κ3) is 4.26. The number of carbonyl (C=O) groups is 1. The Kier molecular flexibility index (Phi) is 5.41. The topological polar surface area (TPSA) is 63.2 Å². The van der Waals surface area contributed by atoms with Crippen molar-refractivity contribution in [3.8, 4) is 5.75 Å². The number of hydrogen-bond acceptors (Lipinski definition) is 4. The van der Waals surface area contributed by atoms with Crippen molar-refractivity contribution in [3.05, 3.63) is 77.0 Å². The second-order valence-corrected chi connectivity index (χ2v) is 6.48.